The molecule has 0 saturated carbocycles. The van der Waals surface area contributed by atoms with E-state index in [1.165, 1.54) is 5.56 Å². The van der Waals surface area contributed by atoms with Gasteiger partial charge in [-0.15, -0.1) is 0 Å². The molecule has 0 aliphatic carbocycles. The predicted octanol–water partition coefficient (Wildman–Crippen LogP) is 0.901. The van der Waals surface area contributed by atoms with E-state index in [4.69, 9.17) is 0 Å². The highest BCUT2D eigenvalue weighted by Gasteiger charge is 2.28. The Labute approximate surface area is 121 Å². The molecule has 2 aliphatic heterocycles. The van der Waals surface area contributed by atoms with Gasteiger partial charge in [0.25, 0.3) is 0 Å². The maximum atomic E-state index is 12.5. The van der Waals surface area contributed by atoms with Crippen LogP contribution in [0.1, 0.15) is 29.9 Å². The predicted molar refractivity (Wildman–Crippen MR) is 79.9 cm³/mol. The first kappa shape index (κ1) is 13.8. The molecule has 1 aromatic carbocycles. The summed E-state index contributed by atoms with van der Waals surface area (Å²) in [5.74, 6) is 1.42. The van der Waals surface area contributed by atoms with Crippen molar-refractivity contribution in [2.75, 3.05) is 18.1 Å². The number of hydrogen-bond acceptors (Lipinski definition) is 3. The lowest BCUT2D eigenvalue weighted by Gasteiger charge is -2.29. The van der Waals surface area contributed by atoms with Crippen LogP contribution in [0.15, 0.2) is 24.3 Å². The van der Waals surface area contributed by atoms with Crippen molar-refractivity contribution in [3.63, 3.8) is 0 Å². The molecule has 1 aromatic rings. The van der Waals surface area contributed by atoms with Crippen molar-refractivity contribution in [2.24, 2.45) is 0 Å². The Morgan fingerprint density at radius 1 is 1.25 bits per heavy atom. The van der Waals surface area contributed by atoms with Gasteiger partial charge in [-0.05, 0) is 24.0 Å². The molecule has 108 valence electrons. The second kappa shape index (κ2) is 6.06. The van der Waals surface area contributed by atoms with Crippen LogP contribution in [0.2, 0.25) is 0 Å². The second-order valence-corrected chi connectivity index (χ2v) is 7.21. The molecule has 1 saturated heterocycles. The van der Waals surface area contributed by atoms with E-state index in [1.807, 2.05) is 12.1 Å². The molecule has 0 spiro atoms. The SMILES string of the molecule is O=C(NC1CCS(=O)CC1)C1CNCc2ccccc21. The molecule has 1 atom stereocenters. The number of carbonyl (C=O) groups is 1. The average Bonchev–Trinajstić information content (AvgIpc) is 2.49. The molecular formula is C15H20N2O2S. The number of nitrogens with one attached hydrogen (secondary N) is 2. The molecule has 20 heavy (non-hydrogen) atoms. The molecule has 2 N–H and O–H groups in total. The van der Waals surface area contributed by atoms with Crippen LogP contribution >= 0.6 is 0 Å². The van der Waals surface area contributed by atoms with Crippen molar-refractivity contribution in [3.8, 4) is 0 Å². The molecule has 2 heterocycles. The van der Waals surface area contributed by atoms with Crippen LogP contribution in [0.25, 0.3) is 0 Å². The number of rotatable bonds is 2. The summed E-state index contributed by atoms with van der Waals surface area (Å²) in [7, 11) is -0.680. The number of hydrogen-bond donors (Lipinski definition) is 2. The smallest absolute Gasteiger partial charge is 0.229 e. The van der Waals surface area contributed by atoms with Gasteiger partial charge >= 0.3 is 0 Å². The van der Waals surface area contributed by atoms with Gasteiger partial charge in [0.1, 0.15) is 0 Å². The summed E-state index contributed by atoms with van der Waals surface area (Å²) in [4.78, 5) is 12.5. The zero-order valence-electron chi connectivity index (χ0n) is 11.4. The maximum absolute atomic E-state index is 12.5. The lowest BCUT2D eigenvalue weighted by atomic mass is 9.90. The molecule has 0 aromatic heterocycles. The van der Waals surface area contributed by atoms with E-state index >= 15 is 0 Å². The average molecular weight is 292 g/mol. The first-order valence-corrected chi connectivity index (χ1v) is 8.66. The van der Waals surface area contributed by atoms with Crippen molar-refractivity contribution in [2.45, 2.75) is 31.3 Å². The summed E-state index contributed by atoms with van der Waals surface area (Å²) in [5, 5.41) is 6.44. The summed E-state index contributed by atoms with van der Waals surface area (Å²) in [6.45, 7) is 1.53. The summed E-state index contributed by atoms with van der Waals surface area (Å²) < 4.78 is 11.3. The Hall–Kier alpha value is -1.20. The Balaban J connectivity index is 1.67. The monoisotopic (exact) mass is 292 g/mol. The minimum Gasteiger partial charge on any atom is -0.353 e. The maximum Gasteiger partial charge on any atom is 0.229 e. The van der Waals surface area contributed by atoms with E-state index < -0.39 is 10.8 Å². The molecule has 0 bridgehead atoms. The van der Waals surface area contributed by atoms with Gasteiger partial charge in [-0.2, -0.15) is 0 Å². The van der Waals surface area contributed by atoms with Crippen molar-refractivity contribution in [1.82, 2.24) is 10.6 Å². The van der Waals surface area contributed by atoms with E-state index in [0.29, 0.717) is 18.1 Å². The third kappa shape index (κ3) is 2.94. The molecule has 1 fully saturated rings. The summed E-state index contributed by atoms with van der Waals surface area (Å²) in [5.41, 5.74) is 2.35. The number of fused-ring (bicyclic) bond motifs is 1. The fraction of sp³-hybridized carbons (Fsp3) is 0.533. The van der Waals surface area contributed by atoms with E-state index in [-0.39, 0.29) is 17.9 Å². The fourth-order valence-corrected chi connectivity index (χ4v) is 4.27. The quantitative estimate of drug-likeness (QED) is 0.851. The molecule has 4 nitrogen and oxygen atoms in total. The zero-order valence-corrected chi connectivity index (χ0v) is 12.2. The van der Waals surface area contributed by atoms with Crippen LogP contribution in [0.4, 0.5) is 0 Å². The zero-order chi connectivity index (χ0) is 13.9. The van der Waals surface area contributed by atoms with Crippen molar-refractivity contribution < 1.29 is 9.00 Å². The highest BCUT2D eigenvalue weighted by molar-refractivity contribution is 7.85. The van der Waals surface area contributed by atoms with Crippen LogP contribution in [0.3, 0.4) is 0 Å². The van der Waals surface area contributed by atoms with Gasteiger partial charge in [-0.25, -0.2) is 0 Å². The summed E-state index contributed by atoms with van der Waals surface area (Å²) in [6, 6.07) is 8.32. The Kier molecular flexibility index (Phi) is 4.17. The van der Waals surface area contributed by atoms with E-state index in [2.05, 4.69) is 22.8 Å². The Morgan fingerprint density at radius 3 is 2.80 bits per heavy atom. The first-order chi connectivity index (χ1) is 9.74. The molecule has 1 unspecified atom stereocenters. The third-order valence-corrected chi connectivity index (χ3v) is 5.53. The van der Waals surface area contributed by atoms with Crippen LogP contribution < -0.4 is 10.6 Å². The van der Waals surface area contributed by atoms with Gasteiger partial charge in [-0.3, -0.25) is 9.00 Å². The van der Waals surface area contributed by atoms with Crippen LogP contribution in [0, 0.1) is 0 Å². The van der Waals surface area contributed by atoms with E-state index in [9.17, 15) is 9.00 Å². The lowest BCUT2D eigenvalue weighted by molar-refractivity contribution is -0.123. The van der Waals surface area contributed by atoms with Gasteiger partial charge in [-0.1, -0.05) is 24.3 Å². The van der Waals surface area contributed by atoms with E-state index in [0.717, 1.165) is 24.9 Å². The first-order valence-electron chi connectivity index (χ1n) is 7.18. The fourth-order valence-electron chi connectivity index (χ4n) is 2.97. The number of amides is 1. The topological polar surface area (TPSA) is 58.2 Å². The minimum atomic E-state index is -0.680. The van der Waals surface area contributed by atoms with Gasteiger partial charge in [0, 0.05) is 41.4 Å². The van der Waals surface area contributed by atoms with Gasteiger partial charge < -0.3 is 10.6 Å². The molecule has 2 aliphatic rings. The lowest BCUT2D eigenvalue weighted by Crippen LogP contribution is -2.45. The normalized spacial score (nSPS) is 29.5. The molecule has 1 amide bonds. The standard InChI is InChI=1S/C15H20N2O2S/c18-15(17-12-5-7-20(19)8-6-12)14-10-16-9-11-3-1-2-4-13(11)14/h1-4,12,14,16H,5-10H2,(H,17,18). The van der Waals surface area contributed by atoms with Crippen LogP contribution in [0.5, 0.6) is 0 Å². The van der Waals surface area contributed by atoms with Gasteiger partial charge in [0.2, 0.25) is 5.91 Å². The second-order valence-electron chi connectivity index (χ2n) is 5.51. The Morgan fingerprint density at radius 2 is 2.00 bits per heavy atom. The molecular weight excluding hydrogens is 272 g/mol. The van der Waals surface area contributed by atoms with Crippen molar-refractivity contribution >= 4 is 16.7 Å². The van der Waals surface area contributed by atoms with Gasteiger partial charge in [0.15, 0.2) is 0 Å². The largest absolute Gasteiger partial charge is 0.353 e. The minimum absolute atomic E-state index is 0.0994. The van der Waals surface area contributed by atoms with Crippen molar-refractivity contribution in [3.05, 3.63) is 35.4 Å². The molecule has 5 heteroatoms. The molecule has 3 rings (SSSR count). The summed E-state index contributed by atoms with van der Waals surface area (Å²) >= 11 is 0. The van der Waals surface area contributed by atoms with Crippen LogP contribution in [-0.4, -0.2) is 34.2 Å². The number of benzene rings is 1. The number of carbonyl (C=O) groups excluding carboxylic acids is 1. The third-order valence-electron chi connectivity index (χ3n) is 4.15. The van der Waals surface area contributed by atoms with Crippen molar-refractivity contribution in [1.29, 1.82) is 0 Å². The van der Waals surface area contributed by atoms with E-state index in [1.54, 1.807) is 0 Å². The summed E-state index contributed by atoms with van der Waals surface area (Å²) in [6.07, 6.45) is 1.67. The highest BCUT2D eigenvalue weighted by atomic mass is 32.2. The van der Waals surface area contributed by atoms with Gasteiger partial charge in [0.05, 0.1) is 5.92 Å². The highest BCUT2D eigenvalue weighted by Crippen LogP contribution is 2.24. The van der Waals surface area contributed by atoms with Crippen LogP contribution in [-0.2, 0) is 22.1 Å². The molecule has 0 radical (unpaired) electrons. The Bertz CT molecular complexity index is 522.